The Balaban J connectivity index is 1.95. The van der Waals surface area contributed by atoms with Gasteiger partial charge in [0.1, 0.15) is 0 Å². The minimum absolute atomic E-state index is 0.0684. The largest absolute Gasteiger partial charge is 0.339 e. The van der Waals surface area contributed by atoms with Gasteiger partial charge in [-0.3, -0.25) is 4.79 Å². The first kappa shape index (κ1) is 19.5. The van der Waals surface area contributed by atoms with Crippen LogP contribution in [-0.4, -0.2) is 42.7 Å². The molecule has 0 saturated carbocycles. The molecule has 1 aromatic carbocycles. The van der Waals surface area contributed by atoms with Gasteiger partial charge >= 0.3 is 0 Å². The number of likely N-dealkylation sites (N-methyl/N-ethyl adjacent to an activating group) is 1. The van der Waals surface area contributed by atoms with E-state index in [1.54, 1.807) is 25.8 Å². The van der Waals surface area contributed by atoms with Crippen LogP contribution in [0.2, 0.25) is 0 Å². The van der Waals surface area contributed by atoms with Crippen molar-refractivity contribution in [3.8, 4) is 0 Å². The average molecular weight is 392 g/mol. The van der Waals surface area contributed by atoms with Gasteiger partial charge in [-0.25, -0.2) is 13.1 Å². The minimum atomic E-state index is -3.44. The summed E-state index contributed by atoms with van der Waals surface area (Å²) in [4.78, 5) is 18.5. The van der Waals surface area contributed by atoms with Crippen LogP contribution in [0, 0.1) is 0 Å². The van der Waals surface area contributed by atoms with Crippen LogP contribution in [0.1, 0.15) is 55.9 Å². The minimum Gasteiger partial charge on any atom is -0.339 e. The molecule has 0 aliphatic carbocycles. The van der Waals surface area contributed by atoms with Gasteiger partial charge in [-0.1, -0.05) is 35.5 Å². The van der Waals surface area contributed by atoms with Crippen LogP contribution in [0.25, 0.3) is 0 Å². The van der Waals surface area contributed by atoms with Gasteiger partial charge in [0.15, 0.2) is 5.82 Å². The number of likely N-dealkylation sites (tertiary alicyclic amines) is 1. The van der Waals surface area contributed by atoms with Gasteiger partial charge in [0.2, 0.25) is 21.8 Å². The zero-order valence-electron chi connectivity index (χ0n) is 15.8. The number of nitrogens with zero attached hydrogens (tertiary/aromatic N) is 3. The van der Waals surface area contributed by atoms with Crippen LogP contribution in [0.15, 0.2) is 34.9 Å². The lowest BCUT2D eigenvalue weighted by molar-refractivity contribution is -0.135. The lowest BCUT2D eigenvalue weighted by atomic mass is 9.84. The highest BCUT2D eigenvalue weighted by molar-refractivity contribution is 7.88. The van der Waals surface area contributed by atoms with Crippen molar-refractivity contribution in [1.29, 1.82) is 0 Å². The van der Waals surface area contributed by atoms with Crippen LogP contribution >= 0.6 is 0 Å². The van der Waals surface area contributed by atoms with Crippen molar-refractivity contribution in [2.24, 2.45) is 0 Å². The van der Waals surface area contributed by atoms with E-state index in [2.05, 4.69) is 14.9 Å². The van der Waals surface area contributed by atoms with E-state index in [-0.39, 0.29) is 23.7 Å². The molecule has 1 amide bonds. The third-order valence-corrected chi connectivity index (χ3v) is 5.64. The molecule has 27 heavy (non-hydrogen) atoms. The van der Waals surface area contributed by atoms with E-state index < -0.39 is 15.6 Å². The predicted octanol–water partition coefficient (Wildman–Crippen LogP) is 1.93. The molecule has 9 heteroatoms. The molecule has 2 atom stereocenters. The van der Waals surface area contributed by atoms with Crippen LogP contribution in [0.5, 0.6) is 0 Å². The van der Waals surface area contributed by atoms with E-state index in [0.717, 1.165) is 11.8 Å². The van der Waals surface area contributed by atoms with Gasteiger partial charge in [-0.05, 0) is 25.8 Å². The summed E-state index contributed by atoms with van der Waals surface area (Å²) in [5, 5.41) is 4.00. The number of hydrogen-bond donors (Lipinski definition) is 1. The monoisotopic (exact) mass is 392 g/mol. The Kier molecular flexibility index (Phi) is 5.09. The molecule has 1 aliphatic heterocycles. The van der Waals surface area contributed by atoms with E-state index in [1.807, 2.05) is 30.3 Å². The number of piperidine rings is 1. The molecule has 0 bridgehead atoms. The molecule has 3 rings (SSSR count). The Labute approximate surface area is 159 Å². The molecule has 1 N–H and O–H groups in total. The van der Waals surface area contributed by atoms with Crippen molar-refractivity contribution in [2.45, 2.75) is 44.2 Å². The van der Waals surface area contributed by atoms with Crippen molar-refractivity contribution in [2.75, 3.05) is 13.3 Å². The third kappa shape index (κ3) is 4.19. The fourth-order valence-corrected chi connectivity index (χ4v) is 4.57. The fraction of sp³-hybridized carbons (Fsp3) is 0.500. The highest BCUT2D eigenvalue weighted by Gasteiger charge is 2.40. The van der Waals surface area contributed by atoms with Crippen LogP contribution in [-0.2, 0) is 20.4 Å². The molecule has 0 radical (unpaired) electrons. The summed E-state index contributed by atoms with van der Waals surface area (Å²) in [5.74, 6) is 0.570. The van der Waals surface area contributed by atoms with Crippen LogP contribution in [0.4, 0.5) is 0 Å². The first-order valence-electron chi connectivity index (χ1n) is 8.72. The summed E-state index contributed by atoms with van der Waals surface area (Å²) in [6, 6.07) is 9.51. The summed E-state index contributed by atoms with van der Waals surface area (Å²) in [7, 11) is -1.66. The highest BCUT2D eigenvalue weighted by atomic mass is 32.2. The van der Waals surface area contributed by atoms with Crippen molar-refractivity contribution in [3.05, 3.63) is 47.6 Å². The van der Waals surface area contributed by atoms with Gasteiger partial charge < -0.3 is 9.42 Å². The first-order chi connectivity index (χ1) is 12.6. The second kappa shape index (κ2) is 7.05. The quantitative estimate of drug-likeness (QED) is 0.833. The normalized spacial score (nSPS) is 21.5. The number of amides is 1. The Hall–Kier alpha value is -2.26. The smallest absolute Gasteiger partial charge is 0.232 e. The van der Waals surface area contributed by atoms with Gasteiger partial charge in [0, 0.05) is 13.5 Å². The Morgan fingerprint density at radius 2 is 1.93 bits per heavy atom. The van der Waals surface area contributed by atoms with Gasteiger partial charge in [0.25, 0.3) is 0 Å². The summed E-state index contributed by atoms with van der Waals surface area (Å²) in [5.41, 5.74) is -0.0140. The molecule has 2 aromatic rings. The highest BCUT2D eigenvalue weighted by Crippen LogP contribution is 2.41. The maximum Gasteiger partial charge on any atom is 0.232 e. The number of hydrogen-bond acceptors (Lipinski definition) is 6. The Morgan fingerprint density at radius 3 is 2.56 bits per heavy atom. The number of carbonyl (C=O) groups is 1. The number of nitrogens with one attached hydrogen (secondary N) is 1. The molecular formula is C18H24N4O4S. The summed E-state index contributed by atoms with van der Waals surface area (Å²) < 4.78 is 31.2. The predicted molar refractivity (Wildman–Crippen MR) is 99.2 cm³/mol. The number of rotatable bonds is 5. The molecule has 1 saturated heterocycles. The Bertz CT molecular complexity index is 924. The second-order valence-electron chi connectivity index (χ2n) is 7.46. The zero-order valence-corrected chi connectivity index (χ0v) is 16.7. The van der Waals surface area contributed by atoms with Crippen molar-refractivity contribution < 1.29 is 17.7 Å². The van der Waals surface area contributed by atoms with E-state index in [0.29, 0.717) is 18.7 Å². The number of aromatic nitrogens is 2. The number of sulfonamides is 1. The lowest BCUT2D eigenvalue weighted by Crippen LogP contribution is -2.41. The number of benzene rings is 1. The summed E-state index contributed by atoms with van der Waals surface area (Å²) in [6.45, 7) is 3.35. The standard InChI is InChI=1S/C18H24N4O4S/c1-18(2,21-27(4,24)25)17-19-16(26-20-17)13-10-11-14(23)22(3)15(13)12-8-6-5-7-9-12/h5-9,13,15,21H,10-11H2,1-4H3. The molecule has 1 aromatic heterocycles. The summed E-state index contributed by atoms with van der Waals surface area (Å²) in [6.07, 6.45) is 2.07. The molecule has 1 fully saturated rings. The van der Waals surface area contributed by atoms with E-state index in [4.69, 9.17) is 4.52 Å². The van der Waals surface area contributed by atoms with Crippen molar-refractivity contribution >= 4 is 15.9 Å². The van der Waals surface area contributed by atoms with Crippen LogP contribution < -0.4 is 4.72 Å². The average Bonchev–Trinajstić information content (AvgIpc) is 3.07. The molecule has 146 valence electrons. The van der Waals surface area contributed by atoms with Gasteiger partial charge in [-0.15, -0.1) is 0 Å². The van der Waals surface area contributed by atoms with Crippen molar-refractivity contribution in [1.82, 2.24) is 19.8 Å². The van der Waals surface area contributed by atoms with Crippen LogP contribution in [0.3, 0.4) is 0 Å². The topological polar surface area (TPSA) is 105 Å². The molecular weight excluding hydrogens is 368 g/mol. The van der Waals surface area contributed by atoms with E-state index in [1.165, 1.54) is 0 Å². The number of carbonyl (C=O) groups excluding carboxylic acids is 1. The van der Waals surface area contributed by atoms with E-state index in [9.17, 15) is 13.2 Å². The fourth-order valence-electron chi connectivity index (χ4n) is 3.55. The summed E-state index contributed by atoms with van der Waals surface area (Å²) >= 11 is 0. The third-order valence-electron chi connectivity index (χ3n) is 4.76. The van der Waals surface area contributed by atoms with Gasteiger partial charge in [0.05, 0.1) is 23.8 Å². The van der Waals surface area contributed by atoms with Gasteiger partial charge in [-0.2, -0.15) is 4.98 Å². The maximum absolute atomic E-state index is 12.3. The van der Waals surface area contributed by atoms with Crippen molar-refractivity contribution in [3.63, 3.8) is 0 Å². The molecule has 1 aliphatic rings. The Morgan fingerprint density at radius 1 is 1.26 bits per heavy atom. The maximum atomic E-state index is 12.3. The molecule has 2 heterocycles. The second-order valence-corrected chi connectivity index (χ2v) is 9.21. The SMILES string of the molecule is CN1C(=O)CCC(c2nc(C(C)(C)NS(C)(=O)=O)no2)C1c1ccccc1. The zero-order chi connectivity index (χ0) is 19.8. The van der Waals surface area contributed by atoms with E-state index >= 15 is 0 Å². The molecule has 0 spiro atoms. The first-order valence-corrected chi connectivity index (χ1v) is 10.6. The molecule has 8 nitrogen and oxygen atoms in total. The molecule has 2 unspecified atom stereocenters. The lowest BCUT2D eigenvalue weighted by Gasteiger charge is -2.37.